The van der Waals surface area contributed by atoms with Gasteiger partial charge < -0.3 is 4.90 Å². The van der Waals surface area contributed by atoms with Crippen molar-refractivity contribution in [1.29, 1.82) is 0 Å². The minimum Gasteiger partial charge on any atom is -0.342 e. The molecule has 19 heavy (non-hydrogen) atoms. The average Bonchev–Trinajstić information content (AvgIpc) is 2.99. The summed E-state index contributed by atoms with van der Waals surface area (Å²) in [6, 6.07) is 9.08. The molecular weight excluding hydrogens is 234 g/mol. The van der Waals surface area contributed by atoms with Gasteiger partial charge in [0.1, 0.15) is 0 Å². The van der Waals surface area contributed by atoms with Crippen LogP contribution in [0.2, 0.25) is 0 Å². The second kappa shape index (κ2) is 5.36. The van der Waals surface area contributed by atoms with Crippen LogP contribution in [0.5, 0.6) is 0 Å². The van der Waals surface area contributed by atoms with E-state index in [1.165, 1.54) is 24.0 Å². The molecule has 1 aromatic rings. The first kappa shape index (κ1) is 12.7. The van der Waals surface area contributed by atoms with Crippen LogP contribution in [-0.4, -0.2) is 23.9 Å². The van der Waals surface area contributed by atoms with Crippen molar-refractivity contribution < 1.29 is 4.79 Å². The van der Waals surface area contributed by atoms with Crippen LogP contribution in [0.15, 0.2) is 24.3 Å². The van der Waals surface area contributed by atoms with Gasteiger partial charge in [0.25, 0.3) is 0 Å². The van der Waals surface area contributed by atoms with E-state index in [0.717, 1.165) is 32.1 Å². The highest BCUT2D eigenvalue weighted by Gasteiger charge is 2.30. The van der Waals surface area contributed by atoms with Crippen molar-refractivity contribution >= 4 is 5.91 Å². The first-order valence-corrected chi connectivity index (χ1v) is 7.59. The van der Waals surface area contributed by atoms with Crippen LogP contribution in [-0.2, 0) is 17.6 Å². The Morgan fingerprint density at radius 2 is 1.79 bits per heavy atom. The maximum Gasteiger partial charge on any atom is 0.225 e. The van der Waals surface area contributed by atoms with Crippen molar-refractivity contribution in [2.75, 3.05) is 7.05 Å². The zero-order valence-electron chi connectivity index (χ0n) is 11.8. The molecule has 1 unspecified atom stereocenters. The van der Waals surface area contributed by atoms with Gasteiger partial charge in [-0.25, -0.2) is 0 Å². The molecule has 2 aliphatic carbocycles. The second-order valence-corrected chi connectivity index (χ2v) is 6.10. The lowest BCUT2D eigenvalue weighted by atomic mass is 9.87. The summed E-state index contributed by atoms with van der Waals surface area (Å²) < 4.78 is 0. The van der Waals surface area contributed by atoms with Gasteiger partial charge in [-0.3, -0.25) is 4.79 Å². The predicted molar refractivity (Wildman–Crippen MR) is 77.0 cm³/mol. The van der Waals surface area contributed by atoms with Crippen molar-refractivity contribution in [2.24, 2.45) is 5.92 Å². The van der Waals surface area contributed by atoms with E-state index in [9.17, 15) is 4.79 Å². The normalized spacial score (nSPS) is 23.1. The topological polar surface area (TPSA) is 20.3 Å². The molecule has 0 N–H and O–H groups in total. The van der Waals surface area contributed by atoms with Gasteiger partial charge in [0.2, 0.25) is 5.91 Å². The number of carbonyl (C=O) groups is 1. The second-order valence-electron chi connectivity index (χ2n) is 6.10. The van der Waals surface area contributed by atoms with Crippen LogP contribution in [0.4, 0.5) is 0 Å². The molecule has 1 atom stereocenters. The van der Waals surface area contributed by atoms with E-state index in [4.69, 9.17) is 0 Å². The highest BCUT2D eigenvalue weighted by atomic mass is 16.2. The summed E-state index contributed by atoms with van der Waals surface area (Å²) in [5.74, 6) is 0.698. The lowest BCUT2D eigenvalue weighted by molar-refractivity contribution is -0.136. The van der Waals surface area contributed by atoms with Gasteiger partial charge >= 0.3 is 0 Å². The maximum absolute atomic E-state index is 12.5. The van der Waals surface area contributed by atoms with E-state index in [2.05, 4.69) is 24.3 Å². The van der Waals surface area contributed by atoms with Crippen LogP contribution >= 0.6 is 0 Å². The Morgan fingerprint density at radius 3 is 2.53 bits per heavy atom. The van der Waals surface area contributed by atoms with Crippen LogP contribution in [0.3, 0.4) is 0 Å². The quantitative estimate of drug-likeness (QED) is 0.797. The lowest BCUT2D eigenvalue weighted by Gasteiger charge is -2.34. The summed E-state index contributed by atoms with van der Waals surface area (Å²) >= 11 is 0. The fourth-order valence-electron chi connectivity index (χ4n) is 3.65. The number of amides is 1. The van der Waals surface area contributed by atoms with Gasteiger partial charge in [0.05, 0.1) is 0 Å². The molecule has 1 saturated carbocycles. The number of hydrogen-bond acceptors (Lipinski definition) is 1. The van der Waals surface area contributed by atoms with E-state index in [-0.39, 0.29) is 0 Å². The summed E-state index contributed by atoms with van der Waals surface area (Å²) in [4.78, 5) is 14.5. The van der Waals surface area contributed by atoms with Gasteiger partial charge in [0, 0.05) is 19.0 Å². The molecule has 102 valence electrons. The molecule has 0 heterocycles. The number of aryl methyl sites for hydroxylation is 1. The van der Waals surface area contributed by atoms with E-state index in [1.54, 1.807) is 0 Å². The number of benzene rings is 1. The molecule has 2 nitrogen and oxygen atoms in total. The largest absolute Gasteiger partial charge is 0.342 e. The smallest absolute Gasteiger partial charge is 0.225 e. The standard InChI is InChI=1S/C17H23NO/c1-18(17(19)14-7-3-4-8-14)16-11-10-13-6-2-5-9-15(13)12-16/h2,5-6,9,14,16H,3-4,7-8,10-12H2,1H3. The van der Waals surface area contributed by atoms with Crippen LogP contribution in [0.25, 0.3) is 0 Å². The number of rotatable bonds is 2. The maximum atomic E-state index is 12.5. The molecule has 0 bridgehead atoms. The lowest BCUT2D eigenvalue weighted by Crippen LogP contribution is -2.43. The number of fused-ring (bicyclic) bond motifs is 1. The minimum absolute atomic E-state index is 0.308. The SMILES string of the molecule is CN(C(=O)C1CCCC1)C1CCc2ccccc2C1. The van der Waals surface area contributed by atoms with Gasteiger partial charge in [0.15, 0.2) is 0 Å². The predicted octanol–water partition coefficient (Wildman–Crippen LogP) is 3.19. The third-order valence-corrected chi connectivity index (χ3v) is 4.92. The Morgan fingerprint density at radius 1 is 1.11 bits per heavy atom. The Bertz CT molecular complexity index is 462. The van der Waals surface area contributed by atoms with Crippen molar-refractivity contribution in [3.63, 3.8) is 0 Å². The average molecular weight is 257 g/mol. The molecule has 2 aliphatic rings. The molecule has 0 aromatic heterocycles. The molecule has 0 radical (unpaired) electrons. The molecule has 3 rings (SSSR count). The summed E-state index contributed by atoms with van der Waals surface area (Å²) in [6.45, 7) is 0. The van der Waals surface area contributed by atoms with E-state index in [0.29, 0.717) is 17.9 Å². The minimum atomic E-state index is 0.308. The van der Waals surface area contributed by atoms with Crippen molar-refractivity contribution in [2.45, 2.75) is 51.0 Å². The summed E-state index contributed by atoms with van der Waals surface area (Å²) in [5.41, 5.74) is 2.91. The number of carbonyl (C=O) groups excluding carboxylic acids is 1. The Kier molecular flexibility index (Phi) is 3.58. The third kappa shape index (κ3) is 2.54. The molecule has 0 spiro atoms. The van der Waals surface area contributed by atoms with Gasteiger partial charge in [-0.15, -0.1) is 0 Å². The Balaban J connectivity index is 1.68. The van der Waals surface area contributed by atoms with Crippen LogP contribution in [0.1, 0.15) is 43.2 Å². The van der Waals surface area contributed by atoms with E-state index >= 15 is 0 Å². The van der Waals surface area contributed by atoms with Gasteiger partial charge in [-0.1, -0.05) is 37.1 Å². The Labute approximate surface area is 115 Å². The van der Waals surface area contributed by atoms with Crippen molar-refractivity contribution in [1.82, 2.24) is 4.90 Å². The van der Waals surface area contributed by atoms with Gasteiger partial charge in [-0.05, 0) is 43.2 Å². The monoisotopic (exact) mass is 257 g/mol. The fourth-order valence-corrected chi connectivity index (χ4v) is 3.65. The number of hydrogen-bond donors (Lipinski definition) is 0. The van der Waals surface area contributed by atoms with Crippen LogP contribution in [0, 0.1) is 5.92 Å². The fraction of sp³-hybridized carbons (Fsp3) is 0.588. The number of nitrogens with zero attached hydrogens (tertiary/aromatic N) is 1. The van der Waals surface area contributed by atoms with Gasteiger partial charge in [-0.2, -0.15) is 0 Å². The first-order valence-electron chi connectivity index (χ1n) is 7.59. The zero-order chi connectivity index (χ0) is 13.2. The summed E-state index contributed by atoms with van der Waals surface area (Å²) in [5, 5.41) is 0. The highest BCUT2D eigenvalue weighted by Crippen LogP contribution is 2.29. The molecule has 2 heteroatoms. The number of likely N-dealkylation sites (N-methyl/N-ethyl adjacent to an activating group) is 1. The third-order valence-electron chi connectivity index (χ3n) is 4.92. The Hall–Kier alpha value is -1.31. The molecule has 1 amide bonds. The van der Waals surface area contributed by atoms with Crippen LogP contribution < -0.4 is 0 Å². The first-order chi connectivity index (χ1) is 9.25. The van der Waals surface area contributed by atoms with E-state index in [1.807, 2.05) is 11.9 Å². The van der Waals surface area contributed by atoms with E-state index < -0.39 is 0 Å². The summed E-state index contributed by atoms with van der Waals surface area (Å²) in [6.07, 6.45) is 7.94. The zero-order valence-corrected chi connectivity index (χ0v) is 11.8. The highest BCUT2D eigenvalue weighted by molar-refractivity contribution is 5.79. The molecule has 1 aromatic carbocycles. The molecule has 1 fully saturated rings. The van der Waals surface area contributed by atoms with Crippen molar-refractivity contribution in [3.05, 3.63) is 35.4 Å². The van der Waals surface area contributed by atoms with Crippen molar-refractivity contribution in [3.8, 4) is 0 Å². The molecule has 0 aliphatic heterocycles. The summed E-state index contributed by atoms with van der Waals surface area (Å²) in [7, 11) is 2.01. The molecular formula is C17H23NO. The molecule has 0 saturated heterocycles.